The van der Waals surface area contributed by atoms with E-state index >= 15 is 0 Å². The monoisotopic (exact) mass is 262 g/mol. The summed E-state index contributed by atoms with van der Waals surface area (Å²) in [4.78, 5) is 11.5. The molecule has 0 fully saturated rings. The lowest BCUT2D eigenvalue weighted by Gasteiger charge is -2.06. The number of unbranched alkanes of at least 4 members (excludes halogenated alkanes) is 2. The Kier molecular flexibility index (Phi) is 7.95. The summed E-state index contributed by atoms with van der Waals surface area (Å²) in [5, 5.41) is 0. The van der Waals surface area contributed by atoms with Crippen LogP contribution in [0, 0.1) is 5.92 Å². The number of carbonyl (C=O) groups excluding carboxylic acids is 1. The Hall–Kier alpha value is -1.31. The predicted molar refractivity (Wildman–Crippen MR) is 79.0 cm³/mol. The summed E-state index contributed by atoms with van der Waals surface area (Å²) in [7, 11) is 0. The molecule has 0 saturated heterocycles. The predicted octanol–water partition coefficient (Wildman–Crippen LogP) is 4.38. The third kappa shape index (κ3) is 8.41. The summed E-state index contributed by atoms with van der Waals surface area (Å²) in [6.45, 7) is 4.96. The largest absolute Gasteiger partial charge is 0.465 e. The lowest BCUT2D eigenvalue weighted by Crippen LogP contribution is -2.07. The first-order chi connectivity index (χ1) is 9.18. The highest BCUT2D eigenvalue weighted by Crippen LogP contribution is 2.10. The van der Waals surface area contributed by atoms with Crippen LogP contribution in [0.2, 0.25) is 0 Å². The molecule has 0 amide bonds. The first-order valence-corrected chi connectivity index (χ1v) is 7.38. The SMILES string of the molecule is CC(C)CCCCCC(=O)OCCc1ccccc1. The maximum atomic E-state index is 11.5. The van der Waals surface area contributed by atoms with E-state index in [1.54, 1.807) is 0 Å². The molecule has 19 heavy (non-hydrogen) atoms. The number of hydrogen-bond donors (Lipinski definition) is 0. The maximum Gasteiger partial charge on any atom is 0.305 e. The molecule has 0 heterocycles. The Morgan fingerprint density at radius 3 is 2.53 bits per heavy atom. The topological polar surface area (TPSA) is 26.3 Å². The summed E-state index contributed by atoms with van der Waals surface area (Å²) >= 11 is 0. The molecule has 0 N–H and O–H groups in total. The molecular weight excluding hydrogens is 236 g/mol. The van der Waals surface area contributed by atoms with Crippen molar-refractivity contribution in [2.45, 2.75) is 52.4 Å². The van der Waals surface area contributed by atoms with Gasteiger partial charge in [-0.1, -0.05) is 63.4 Å². The molecule has 1 aromatic carbocycles. The van der Waals surface area contributed by atoms with Gasteiger partial charge in [0.2, 0.25) is 0 Å². The Balaban J connectivity index is 1.99. The molecule has 106 valence electrons. The Morgan fingerprint density at radius 2 is 1.84 bits per heavy atom. The van der Waals surface area contributed by atoms with Crippen molar-refractivity contribution in [2.75, 3.05) is 6.61 Å². The number of ether oxygens (including phenoxy) is 1. The van der Waals surface area contributed by atoms with Crippen LogP contribution in [0.25, 0.3) is 0 Å². The smallest absolute Gasteiger partial charge is 0.305 e. The summed E-state index contributed by atoms with van der Waals surface area (Å²) in [6.07, 6.45) is 5.92. The van der Waals surface area contributed by atoms with Crippen molar-refractivity contribution in [3.8, 4) is 0 Å². The summed E-state index contributed by atoms with van der Waals surface area (Å²) < 4.78 is 5.23. The average molecular weight is 262 g/mol. The Morgan fingerprint density at radius 1 is 1.11 bits per heavy atom. The molecule has 0 unspecified atom stereocenters. The van der Waals surface area contributed by atoms with Crippen LogP contribution in [0.5, 0.6) is 0 Å². The molecule has 0 spiro atoms. The summed E-state index contributed by atoms with van der Waals surface area (Å²) in [5.41, 5.74) is 1.22. The van der Waals surface area contributed by atoms with Gasteiger partial charge in [-0.2, -0.15) is 0 Å². The molecular formula is C17H26O2. The second kappa shape index (κ2) is 9.60. The molecule has 1 aromatic rings. The molecule has 1 rings (SSSR count). The van der Waals surface area contributed by atoms with E-state index in [4.69, 9.17) is 4.74 Å². The highest BCUT2D eigenvalue weighted by Gasteiger charge is 2.03. The molecule has 0 aromatic heterocycles. The van der Waals surface area contributed by atoms with Crippen molar-refractivity contribution in [3.63, 3.8) is 0 Å². The molecule has 2 nitrogen and oxygen atoms in total. The number of carbonyl (C=O) groups is 1. The fraction of sp³-hybridized carbons (Fsp3) is 0.588. The Bertz CT molecular complexity index is 344. The van der Waals surface area contributed by atoms with E-state index < -0.39 is 0 Å². The zero-order chi connectivity index (χ0) is 13.9. The number of esters is 1. The fourth-order valence-electron chi connectivity index (χ4n) is 2.00. The van der Waals surface area contributed by atoms with E-state index in [2.05, 4.69) is 26.0 Å². The third-order valence-electron chi connectivity index (χ3n) is 3.16. The second-order valence-corrected chi connectivity index (χ2v) is 5.45. The first-order valence-electron chi connectivity index (χ1n) is 7.38. The van der Waals surface area contributed by atoms with Gasteiger partial charge in [-0.15, -0.1) is 0 Å². The third-order valence-corrected chi connectivity index (χ3v) is 3.16. The number of hydrogen-bond acceptors (Lipinski definition) is 2. The quantitative estimate of drug-likeness (QED) is 0.487. The molecule has 0 saturated carbocycles. The van der Waals surface area contributed by atoms with Crippen LogP contribution in [0.1, 0.15) is 51.5 Å². The second-order valence-electron chi connectivity index (χ2n) is 5.45. The van der Waals surface area contributed by atoms with Gasteiger partial charge < -0.3 is 4.74 Å². The average Bonchev–Trinajstić information content (AvgIpc) is 2.39. The van der Waals surface area contributed by atoms with Crippen molar-refractivity contribution in [2.24, 2.45) is 5.92 Å². The molecule has 0 atom stereocenters. The zero-order valence-electron chi connectivity index (χ0n) is 12.2. The minimum atomic E-state index is -0.0551. The fourth-order valence-corrected chi connectivity index (χ4v) is 2.00. The van der Waals surface area contributed by atoms with E-state index in [1.807, 2.05) is 18.2 Å². The van der Waals surface area contributed by atoms with Crippen LogP contribution in [-0.2, 0) is 16.0 Å². The van der Waals surface area contributed by atoms with Crippen molar-refractivity contribution >= 4 is 5.97 Å². The first kappa shape index (κ1) is 15.7. The lowest BCUT2D eigenvalue weighted by molar-refractivity contribution is -0.143. The molecule has 0 aliphatic carbocycles. The van der Waals surface area contributed by atoms with E-state index in [9.17, 15) is 4.79 Å². The summed E-state index contributed by atoms with van der Waals surface area (Å²) in [5.74, 6) is 0.707. The van der Waals surface area contributed by atoms with Gasteiger partial charge in [0.05, 0.1) is 6.61 Å². The van der Waals surface area contributed by atoms with Gasteiger partial charge in [0.1, 0.15) is 0 Å². The molecule has 0 radical (unpaired) electrons. The van der Waals surface area contributed by atoms with Crippen LogP contribution in [-0.4, -0.2) is 12.6 Å². The standard InChI is InChI=1S/C17H26O2/c1-15(2)9-5-3-8-12-17(18)19-14-13-16-10-6-4-7-11-16/h4,6-7,10-11,15H,3,5,8-9,12-14H2,1-2H3. The van der Waals surface area contributed by atoms with Crippen LogP contribution >= 0.6 is 0 Å². The molecule has 0 aliphatic heterocycles. The van der Waals surface area contributed by atoms with Gasteiger partial charge in [-0.05, 0) is 17.9 Å². The van der Waals surface area contributed by atoms with Gasteiger partial charge in [0, 0.05) is 12.8 Å². The lowest BCUT2D eigenvalue weighted by atomic mass is 10.0. The number of rotatable bonds is 9. The van der Waals surface area contributed by atoms with E-state index in [1.165, 1.54) is 18.4 Å². The van der Waals surface area contributed by atoms with Crippen molar-refractivity contribution in [1.82, 2.24) is 0 Å². The van der Waals surface area contributed by atoms with Gasteiger partial charge in [0.15, 0.2) is 0 Å². The van der Waals surface area contributed by atoms with Gasteiger partial charge in [-0.25, -0.2) is 0 Å². The van der Waals surface area contributed by atoms with E-state index in [0.29, 0.717) is 13.0 Å². The van der Waals surface area contributed by atoms with Crippen LogP contribution < -0.4 is 0 Å². The van der Waals surface area contributed by atoms with Crippen LogP contribution in [0.15, 0.2) is 30.3 Å². The highest BCUT2D eigenvalue weighted by atomic mass is 16.5. The van der Waals surface area contributed by atoms with Gasteiger partial charge >= 0.3 is 5.97 Å². The van der Waals surface area contributed by atoms with Gasteiger partial charge in [0.25, 0.3) is 0 Å². The maximum absolute atomic E-state index is 11.5. The van der Waals surface area contributed by atoms with Crippen LogP contribution in [0.3, 0.4) is 0 Å². The molecule has 0 bridgehead atoms. The van der Waals surface area contributed by atoms with E-state index in [-0.39, 0.29) is 5.97 Å². The van der Waals surface area contributed by atoms with Crippen molar-refractivity contribution < 1.29 is 9.53 Å². The molecule has 0 aliphatic rings. The number of benzene rings is 1. The van der Waals surface area contributed by atoms with Gasteiger partial charge in [-0.3, -0.25) is 4.79 Å². The Labute approximate surface area is 117 Å². The summed E-state index contributed by atoms with van der Waals surface area (Å²) in [6, 6.07) is 10.1. The van der Waals surface area contributed by atoms with Crippen molar-refractivity contribution in [1.29, 1.82) is 0 Å². The minimum Gasteiger partial charge on any atom is -0.465 e. The highest BCUT2D eigenvalue weighted by molar-refractivity contribution is 5.69. The minimum absolute atomic E-state index is 0.0551. The zero-order valence-corrected chi connectivity index (χ0v) is 12.2. The van der Waals surface area contributed by atoms with Crippen LogP contribution in [0.4, 0.5) is 0 Å². The molecule has 2 heteroatoms. The van der Waals surface area contributed by atoms with Crippen molar-refractivity contribution in [3.05, 3.63) is 35.9 Å². The normalized spacial score (nSPS) is 10.7. The van der Waals surface area contributed by atoms with E-state index in [0.717, 1.165) is 25.2 Å².